The second kappa shape index (κ2) is 3.24. The van der Waals surface area contributed by atoms with E-state index in [1.807, 2.05) is 0 Å². The lowest BCUT2D eigenvalue weighted by Gasteiger charge is -2.02. The Bertz CT molecular complexity index is 513. The summed E-state index contributed by atoms with van der Waals surface area (Å²) in [6, 6.07) is 1.66. The SMILES string of the molecule is Fc1cnc2c(Br)c(F)cc(F)c2c1. The van der Waals surface area contributed by atoms with Gasteiger partial charge in [0, 0.05) is 11.5 Å². The van der Waals surface area contributed by atoms with Gasteiger partial charge in [-0.2, -0.15) is 0 Å². The van der Waals surface area contributed by atoms with Crippen molar-refractivity contribution in [3.8, 4) is 0 Å². The smallest absolute Gasteiger partial charge is 0.142 e. The number of pyridine rings is 1. The van der Waals surface area contributed by atoms with Gasteiger partial charge in [0.25, 0.3) is 0 Å². The van der Waals surface area contributed by atoms with E-state index in [-0.39, 0.29) is 15.4 Å². The lowest BCUT2D eigenvalue weighted by molar-refractivity contribution is 0.584. The number of rotatable bonds is 0. The highest BCUT2D eigenvalue weighted by molar-refractivity contribution is 9.10. The van der Waals surface area contributed by atoms with E-state index in [1.54, 1.807) is 0 Å². The third kappa shape index (κ3) is 1.37. The average Bonchev–Trinajstić information content (AvgIpc) is 2.14. The van der Waals surface area contributed by atoms with Gasteiger partial charge in [0.15, 0.2) is 0 Å². The van der Waals surface area contributed by atoms with Crippen molar-refractivity contribution < 1.29 is 13.2 Å². The third-order valence-electron chi connectivity index (χ3n) is 1.78. The van der Waals surface area contributed by atoms with Crippen LogP contribution in [0.4, 0.5) is 13.2 Å². The molecule has 0 N–H and O–H groups in total. The maximum atomic E-state index is 13.1. The molecule has 0 amide bonds. The predicted octanol–water partition coefficient (Wildman–Crippen LogP) is 3.41. The van der Waals surface area contributed by atoms with Crippen molar-refractivity contribution in [1.29, 1.82) is 0 Å². The predicted molar refractivity (Wildman–Crippen MR) is 49.3 cm³/mol. The van der Waals surface area contributed by atoms with Crippen molar-refractivity contribution in [2.45, 2.75) is 0 Å². The minimum absolute atomic E-state index is 0.0360. The van der Waals surface area contributed by atoms with Crippen LogP contribution in [-0.4, -0.2) is 4.98 Å². The molecule has 14 heavy (non-hydrogen) atoms. The molecule has 0 atom stereocenters. The zero-order chi connectivity index (χ0) is 10.3. The van der Waals surface area contributed by atoms with Gasteiger partial charge in [-0.15, -0.1) is 0 Å². The van der Waals surface area contributed by atoms with E-state index < -0.39 is 17.5 Å². The standard InChI is InChI=1S/C9H3BrF3N/c10-8-7(13)2-6(12)5-1-4(11)3-14-9(5)8/h1-3H. The molecule has 2 rings (SSSR count). The first-order valence-electron chi connectivity index (χ1n) is 3.68. The van der Waals surface area contributed by atoms with Gasteiger partial charge >= 0.3 is 0 Å². The Morgan fingerprint density at radius 1 is 1.07 bits per heavy atom. The van der Waals surface area contributed by atoms with Crippen molar-refractivity contribution in [2.75, 3.05) is 0 Å². The Morgan fingerprint density at radius 3 is 2.50 bits per heavy atom. The topological polar surface area (TPSA) is 12.9 Å². The molecule has 0 saturated carbocycles. The molecule has 0 bridgehead atoms. The molecular weight excluding hydrogens is 259 g/mol. The molecule has 0 spiro atoms. The van der Waals surface area contributed by atoms with Crippen LogP contribution in [0, 0.1) is 17.5 Å². The summed E-state index contributed by atoms with van der Waals surface area (Å²) in [5.41, 5.74) is 0.0731. The van der Waals surface area contributed by atoms with Gasteiger partial charge in [-0.25, -0.2) is 13.2 Å². The van der Waals surface area contributed by atoms with E-state index in [2.05, 4.69) is 20.9 Å². The number of hydrogen-bond donors (Lipinski definition) is 0. The van der Waals surface area contributed by atoms with Gasteiger partial charge in [-0.05, 0) is 22.0 Å². The molecule has 72 valence electrons. The van der Waals surface area contributed by atoms with Crippen LogP contribution >= 0.6 is 15.9 Å². The van der Waals surface area contributed by atoms with Crippen LogP contribution < -0.4 is 0 Å². The van der Waals surface area contributed by atoms with E-state index >= 15 is 0 Å². The largest absolute Gasteiger partial charge is 0.252 e. The first-order valence-corrected chi connectivity index (χ1v) is 4.47. The number of halogens is 4. The van der Waals surface area contributed by atoms with Crippen LogP contribution in [0.5, 0.6) is 0 Å². The summed E-state index contributed by atoms with van der Waals surface area (Å²) in [6.45, 7) is 0. The van der Waals surface area contributed by atoms with Crippen LogP contribution in [0.2, 0.25) is 0 Å². The number of nitrogens with zero attached hydrogens (tertiary/aromatic N) is 1. The van der Waals surface area contributed by atoms with E-state index in [9.17, 15) is 13.2 Å². The van der Waals surface area contributed by atoms with Gasteiger partial charge in [-0.3, -0.25) is 4.98 Å². The van der Waals surface area contributed by atoms with Crippen molar-refractivity contribution >= 4 is 26.8 Å². The molecule has 2 aromatic rings. The zero-order valence-electron chi connectivity index (χ0n) is 6.69. The van der Waals surface area contributed by atoms with Gasteiger partial charge in [0.05, 0.1) is 16.2 Å². The number of aromatic nitrogens is 1. The molecule has 1 aromatic heterocycles. The first kappa shape index (κ1) is 9.45. The number of fused-ring (bicyclic) bond motifs is 1. The minimum Gasteiger partial charge on any atom is -0.252 e. The monoisotopic (exact) mass is 261 g/mol. The van der Waals surface area contributed by atoms with E-state index in [1.165, 1.54) is 0 Å². The molecule has 1 nitrogen and oxygen atoms in total. The van der Waals surface area contributed by atoms with Crippen molar-refractivity contribution in [3.05, 3.63) is 40.3 Å². The highest BCUT2D eigenvalue weighted by Crippen LogP contribution is 2.27. The van der Waals surface area contributed by atoms with Crippen LogP contribution in [-0.2, 0) is 0 Å². The van der Waals surface area contributed by atoms with Crippen LogP contribution in [0.15, 0.2) is 22.8 Å². The molecule has 0 aliphatic heterocycles. The minimum atomic E-state index is -0.826. The first-order chi connectivity index (χ1) is 6.59. The summed E-state index contributed by atoms with van der Waals surface area (Å²) < 4.78 is 38.9. The Balaban J connectivity index is 2.94. The highest BCUT2D eigenvalue weighted by Gasteiger charge is 2.11. The number of benzene rings is 1. The average molecular weight is 262 g/mol. The fourth-order valence-corrected chi connectivity index (χ4v) is 1.59. The second-order valence-corrected chi connectivity index (χ2v) is 3.50. The zero-order valence-corrected chi connectivity index (χ0v) is 8.28. The lowest BCUT2D eigenvalue weighted by atomic mass is 10.2. The fraction of sp³-hybridized carbons (Fsp3) is 0. The summed E-state index contributed by atoms with van der Waals surface area (Å²) in [4.78, 5) is 3.60. The molecule has 0 radical (unpaired) electrons. The van der Waals surface area contributed by atoms with Gasteiger partial charge in [-0.1, -0.05) is 0 Å². The van der Waals surface area contributed by atoms with Crippen LogP contribution in [0.25, 0.3) is 10.9 Å². The molecule has 1 aromatic carbocycles. The van der Waals surface area contributed by atoms with Crippen molar-refractivity contribution in [1.82, 2.24) is 4.98 Å². The maximum absolute atomic E-state index is 13.1. The lowest BCUT2D eigenvalue weighted by Crippen LogP contribution is -1.90. The quantitative estimate of drug-likeness (QED) is 0.663. The molecule has 0 aliphatic rings. The second-order valence-electron chi connectivity index (χ2n) is 2.70. The maximum Gasteiger partial charge on any atom is 0.142 e. The van der Waals surface area contributed by atoms with Crippen LogP contribution in [0.1, 0.15) is 0 Å². The normalized spacial score (nSPS) is 10.9. The summed E-state index contributed by atoms with van der Waals surface area (Å²) in [5.74, 6) is -2.24. The molecule has 0 aliphatic carbocycles. The van der Waals surface area contributed by atoms with E-state index in [4.69, 9.17) is 0 Å². The van der Waals surface area contributed by atoms with Crippen molar-refractivity contribution in [2.24, 2.45) is 0 Å². The molecular formula is C9H3BrF3N. The van der Waals surface area contributed by atoms with E-state index in [0.29, 0.717) is 6.07 Å². The molecule has 0 saturated heterocycles. The molecule has 0 fully saturated rings. The Morgan fingerprint density at radius 2 is 1.79 bits per heavy atom. The molecule has 0 unspecified atom stereocenters. The van der Waals surface area contributed by atoms with Gasteiger partial charge in [0.1, 0.15) is 17.5 Å². The highest BCUT2D eigenvalue weighted by atomic mass is 79.9. The summed E-state index contributed by atoms with van der Waals surface area (Å²) in [7, 11) is 0. The summed E-state index contributed by atoms with van der Waals surface area (Å²) in [6.07, 6.45) is 0.909. The van der Waals surface area contributed by atoms with E-state index in [0.717, 1.165) is 12.3 Å². The third-order valence-corrected chi connectivity index (χ3v) is 2.54. The summed E-state index contributed by atoms with van der Waals surface area (Å²) in [5, 5.41) is -0.0433. The van der Waals surface area contributed by atoms with Crippen molar-refractivity contribution in [3.63, 3.8) is 0 Å². The number of hydrogen-bond acceptors (Lipinski definition) is 1. The fourth-order valence-electron chi connectivity index (χ4n) is 1.16. The van der Waals surface area contributed by atoms with Crippen LogP contribution in [0.3, 0.4) is 0 Å². The Hall–Kier alpha value is -1.10. The van der Waals surface area contributed by atoms with Gasteiger partial charge < -0.3 is 0 Å². The molecule has 5 heteroatoms. The Kier molecular flexibility index (Phi) is 2.19. The Labute approximate surface area is 85.7 Å². The summed E-state index contributed by atoms with van der Waals surface area (Å²) >= 11 is 2.91. The van der Waals surface area contributed by atoms with Gasteiger partial charge in [0.2, 0.25) is 0 Å². The molecule has 1 heterocycles.